The van der Waals surface area contributed by atoms with E-state index in [0.717, 1.165) is 43.8 Å². The number of likely N-dealkylation sites (tertiary alicyclic amines) is 1. The first-order valence-corrected chi connectivity index (χ1v) is 9.40. The molecule has 0 atom stereocenters. The van der Waals surface area contributed by atoms with E-state index in [0.29, 0.717) is 12.5 Å². The van der Waals surface area contributed by atoms with Crippen molar-refractivity contribution in [2.24, 2.45) is 7.05 Å². The van der Waals surface area contributed by atoms with Gasteiger partial charge in [0.25, 0.3) is 0 Å². The Kier molecular flexibility index (Phi) is 5.20. The van der Waals surface area contributed by atoms with Gasteiger partial charge in [0, 0.05) is 37.5 Å². The van der Waals surface area contributed by atoms with Crippen molar-refractivity contribution >= 4 is 0 Å². The van der Waals surface area contributed by atoms with Crippen LogP contribution in [0.25, 0.3) is 0 Å². The predicted molar refractivity (Wildman–Crippen MR) is 103 cm³/mol. The van der Waals surface area contributed by atoms with Gasteiger partial charge in [-0.2, -0.15) is 5.10 Å². The van der Waals surface area contributed by atoms with Gasteiger partial charge in [-0.25, -0.2) is 14.6 Å². The molecule has 3 heterocycles. The van der Waals surface area contributed by atoms with Crippen LogP contribution in [0.15, 0.2) is 43.2 Å². The molecule has 0 unspecified atom stereocenters. The van der Waals surface area contributed by atoms with E-state index < -0.39 is 0 Å². The van der Waals surface area contributed by atoms with Crippen LogP contribution in [0.4, 0.5) is 0 Å². The minimum Gasteiger partial charge on any atom is -0.496 e. The monoisotopic (exact) mass is 366 g/mol. The summed E-state index contributed by atoms with van der Waals surface area (Å²) in [6, 6.07) is 6.45. The summed E-state index contributed by atoms with van der Waals surface area (Å²) in [5, 5.41) is 4.20. The molecule has 0 N–H and O–H groups in total. The van der Waals surface area contributed by atoms with E-state index in [1.54, 1.807) is 19.8 Å². The number of nitrogens with zero attached hydrogens (tertiary/aromatic N) is 6. The van der Waals surface area contributed by atoms with E-state index in [1.807, 2.05) is 17.1 Å². The van der Waals surface area contributed by atoms with E-state index in [1.165, 1.54) is 11.4 Å². The Morgan fingerprint density at radius 2 is 2.04 bits per heavy atom. The minimum atomic E-state index is 0.569. The fraction of sp³-hybridized carbons (Fsp3) is 0.450. The van der Waals surface area contributed by atoms with E-state index in [-0.39, 0.29) is 0 Å². The molecule has 1 aliphatic heterocycles. The smallest absolute Gasteiger partial charge is 0.137 e. The molecule has 7 heteroatoms. The highest BCUT2D eigenvalue weighted by Crippen LogP contribution is 2.28. The lowest BCUT2D eigenvalue weighted by atomic mass is 9.95. The largest absolute Gasteiger partial charge is 0.496 e. The molecule has 4 rings (SSSR count). The number of piperidine rings is 1. The summed E-state index contributed by atoms with van der Waals surface area (Å²) in [6.07, 6.45) is 9.54. The van der Waals surface area contributed by atoms with Crippen molar-refractivity contribution in [2.45, 2.75) is 31.8 Å². The summed E-state index contributed by atoms with van der Waals surface area (Å²) >= 11 is 0. The summed E-state index contributed by atoms with van der Waals surface area (Å²) in [6.45, 7) is 3.82. The number of aryl methyl sites for hydroxylation is 1. The molecule has 2 aromatic heterocycles. The lowest BCUT2D eigenvalue weighted by molar-refractivity contribution is 0.200. The van der Waals surface area contributed by atoms with Crippen LogP contribution in [0.5, 0.6) is 5.75 Å². The lowest BCUT2D eigenvalue weighted by Gasteiger charge is -2.31. The first-order chi connectivity index (χ1) is 13.2. The molecule has 27 heavy (non-hydrogen) atoms. The number of rotatable bonds is 6. The normalized spacial score (nSPS) is 15.9. The molecular formula is C20H26N6O. The fourth-order valence-corrected chi connectivity index (χ4v) is 3.92. The molecule has 0 amide bonds. The zero-order valence-electron chi connectivity index (χ0n) is 16.0. The maximum absolute atomic E-state index is 5.52. The molecule has 0 radical (unpaired) electrons. The first kappa shape index (κ1) is 17.7. The minimum absolute atomic E-state index is 0.569. The lowest BCUT2D eigenvalue weighted by Crippen LogP contribution is -2.33. The quantitative estimate of drug-likeness (QED) is 0.671. The summed E-state index contributed by atoms with van der Waals surface area (Å²) in [5.74, 6) is 2.68. The molecule has 0 aliphatic carbocycles. The Balaban J connectivity index is 1.40. The molecule has 0 saturated carbocycles. The van der Waals surface area contributed by atoms with Gasteiger partial charge in [0.05, 0.1) is 13.7 Å². The van der Waals surface area contributed by atoms with Crippen LogP contribution in [0.1, 0.15) is 35.7 Å². The number of aromatic nitrogens is 5. The molecule has 3 aromatic rings. The van der Waals surface area contributed by atoms with E-state index >= 15 is 0 Å². The average molecular weight is 366 g/mol. The van der Waals surface area contributed by atoms with Crippen LogP contribution in [0.3, 0.4) is 0 Å². The highest BCUT2D eigenvalue weighted by atomic mass is 16.5. The van der Waals surface area contributed by atoms with Crippen molar-refractivity contribution in [3.63, 3.8) is 0 Å². The highest BCUT2D eigenvalue weighted by Gasteiger charge is 2.23. The van der Waals surface area contributed by atoms with Crippen molar-refractivity contribution in [3.8, 4) is 5.75 Å². The Labute approximate surface area is 159 Å². The van der Waals surface area contributed by atoms with Gasteiger partial charge in [-0.15, -0.1) is 0 Å². The maximum atomic E-state index is 5.52. The van der Waals surface area contributed by atoms with Gasteiger partial charge >= 0.3 is 0 Å². The summed E-state index contributed by atoms with van der Waals surface area (Å²) in [5.41, 5.74) is 2.43. The second kappa shape index (κ2) is 7.92. The van der Waals surface area contributed by atoms with Gasteiger partial charge in [-0.05, 0) is 43.6 Å². The van der Waals surface area contributed by atoms with Gasteiger partial charge in [0.1, 0.15) is 24.2 Å². The zero-order chi connectivity index (χ0) is 18.6. The third-order valence-corrected chi connectivity index (χ3v) is 5.36. The number of hydrogen-bond donors (Lipinski definition) is 0. The van der Waals surface area contributed by atoms with Crippen LogP contribution in [-0.4, -0.2) is 49.4 Å². The second-order valence-electron chi connectivity index (χ2n) is 7.19. The van der Waals surface area contributed by atoms with Crippen molar-refractivity contribution in [1.82, 2.24) is 29.2 Å². The first-order valence-electron chi connectivity index (χ1n) is 9.40. The van der Waals surface area contributed by atoms with Crippen LogP contribution in [0, 0.1) is 0 Å². The Bertz CT molecular complexity index is 864. The number of methoxy groups -OCH3 is 1. The Morgan fingerprint density at radius 1 is 1.19 bits per heavy atom. The average Bonchev–Trinajstić information content (AvgIpc) is 3.34. The molecule has 0 bridgehead atoms. The van der Waals surface area contributed by atoms with Crippen LogP contribution < -0.4 is 4.74 Å². The van der Waals surface area contributed by atoms with Gasteiger partial charge in [-0.1, -0.05) is 6.07 Å². The molecular weight excluding hydrogens is 340 g/mol. The van der Waals surface area contributed by atoms with Gasteiger partial charge in [0.15, 0.2) is 0 Å². The van der Waals surface area contributed by atoms with Crippen molar-refractivity contribution in [3.05, 3.63) is 60.2 Å². The number of ether oxygens (including phenoxy) is 1. The molecule has 1 aliphatic rings. The standard InChI is InChI=1S/C20H26N6O/c1-24-10-7-22-20(24)17-5-8-25(9-6-17)12-16-3-4-19(27-2)18(11-16)13-26-15-21-14-23-26/h3-4,7,10-11,14-15,17H,5-6,8-9,12-13H2,1-2H3. The van der Waals surface area contributed by atoms with Gasteiger partial charge in [0.2, 0.25) is 0 Å². The number of imidazole rings is 1. The number of hydrogen-bond acceptors (Lipinski definition) is 5. The summed E-state index contributed by atoms with van der Waals surface area (Å²) in [7, 11) is 3.80. The van der Waals surface area contributed by atoms with Crippen molar-refractivity contribution in [2.75, 3.05) is 20.2 Å². The highest BCUT2D eigenvalue weighted by molar-refractivity contribution is 5.37. The van der Waals surface area contributed by atoms with Crippen LogP contribution >= 0.6 is 0 Å². The number of benzene rings is 1. The Hall–Kier alpha value is -2.67. The molecule has 1 aromatic carbocycles. The van der Waals surface area contributed by atoms with Gasteiger partial charge in [-0.3, -0.25) is 4.90 Å². The van der Waals surface area contributed by atoms with E-state index in [4.69, 9.17) is 4.74 Å². The van der Waals surface area contributed by atoms with Crippen LogP contribution in [-0.2, 0) is 20.1 Å². The molecule has 0 spiro atoms. The van der Waals surface area contributed by atoms with E-state index in [2.05, 4.69) is 49.8 Å². The Morgan fingerprint density at radius 3 is 2.70 bits per heavy atom. The van der Waals surface area contributed by atoms with E-state index in [9.17, 15) is 0 Å². The third kappa shape index (κ3) is 4.03. The fourth-order valence-electron chi connectivity index (χ4n) is 3.92. The molecule has 7 nitrogen and oxygen atoms in total. The molecule has 1 saturated heterocycles. The van der Waals surface area contributed by atoms with Crippen LogP contribution in [0.2, 0.25) is 0 Å². The zero-order valence-corrected chi connectivity index (χ0v) is 16.0. The molecule has 142 valence electrons. The van der Waals surface area contributed by atoms with Gasteiger partial charge < -0.3 is 9.30 Å². The SMILES string of the molecule is COc1ccc(CN2CCC(c3nccn3C)CC2)cc1Cn1cncn1. The maximum Gasteiger partial charge on any atom is 0.137 e. The van der Waals surface area contributed by atoms with Crippen molar-refractivity contribution in [1.29, 1.82) is 0 Å². The summed E-state index contributed by atoms with van der Waals surface area (Å²) in [4.78, 5) is 11.1. The summed E-state index contributed by atoms with van der Waals surface area (Å²) < 4.78 is 9.49. The topological polar surface area (TPSA) is 61.0 Å². The molecule has 1 fully saturated rings. The second-order valence-corrected chi connectivity index (χ2v) is 7.19. The third-order valence-electron chi connectivity index (χ3n) is 5.36. The van der Waals surface area contributed by atoms with Crippen molar-refractivity contribution < 1.29 is 4.74 Å². The predicted octanol–water partition coefficient (Wildman–Crippen LogP) is 2.45.